The van der Waals surface area contributed by atoms with E-state index in [0.29, 0.717) is 0 Å². The summed E-state index contributed by atoms with van der Waals surface area (Å²) in [6.45, 7) is 4.00. The van der Waals surface area contributed by atoms with E-state index in [0.717, 1.165) is 6.08 Å². The number of carboxylic acid groups (broad SMARTS) is 2. The van der Waals surface area contributed by atoms with Crippen LogP contribution in [0.3, 0.4) is 0 Å². The Morgan fingerprint density at radius 2 is 2.00 bits per heavy atom. The van der Waals surface area contributed by atoms with Gasteiger partial charge >= 0.3 is 11.9 Å². The lowest BCUT2D eigenvalue weighted by Gasteiger charge is -2.39. The second-order valence-electron chi connectivity index (χ2n) is 4.90. The van der Waals surface area contributed by atoms with Gasteiger partial charge in [0.15, 0.2) is 5.41 Å². The highest BCUT2D eigenvalue weighted by Gasteiger charge is 2.53. The quantitative estimate of drug-likeness (QED) is 0.712. The highest BCUT2D eigenvalue weighted by molar-refractivity contribution is 6.33. The maximum absolute atomic E-state index is 11.6. The second kappa shape index (κ2) is 5.85. The van der Waals surface area contributed by atoms with Gasteiger partial charge in [0.2, 0.25) is 0 Å². The first-order valence-corrected chi connectivity index (χ1v) is 6.42. The molecule has 0 radical (unpaired) electrons. The number of carbonyl (C=O) groups is 2. The number of allylic oxidation sites excluding steroid dienone is 2. The highest BCUT2D eigenvalue weighted by atomic mass is 35.5. The van der Waals surface area contributed by atoms with Crippen LogP contribution in [0.1, 0.15) is 20.8 Å². The Morgan fingerprint density at radius 1 is 1.45 bits per heavy atom. The van der Waals surface area contributed by atoms with Gasteiger partial charge in [-0.2, -0.15) is 0 Å². The Bertz CT molecular complexity index is 493. The highest BCUT2D eigenvalue weighted by Crippen LogP contribution is 2.46. The van der Waals surface area contributed by atoms with Crippen molar-refractivity contribution in [2.45, 2.75) is 26.9 Å². The summed E-state index contributed by atoms with van der Waals surface area (Å²) in [5.74, 6) is -3.75. The number of carboxylic acids is 2. The van der Waals surface area contributed by atoms with E-state index in [2.05, 4.69) is 0 Å². The number of aliphatic carboxylic acids is 2. The molecule has 0 saturated carbocycles. The first-order valence-electron chi connectivity index (χ1n) is 6.04. The van der Waals surface area contributed by atoms with Crippen LogP contribution >= 0.6 is 11.6 Å². The van der Waals surface area contributed by atoms with E-state index >= 15 is 0 Å². The fourth-order valence-electron chi connectivity index (χ4n) is 2.24. The summed E-state index contributed by atoms with van der Waals surface area (Å²) in [5.41, 5.74) is -2.10. The van der Waals surface area contributed by atoms with Gasteiger partial charge in [-0.3, -0.25) is 4.79 Å². The number of halogens is 1. The molecule has 0 saturated heterocycles. The van der Waals surface area contributed by atoms with Crippen molar-refractivity contribution in [1.82, 2.24) is 0 Å². The van der Waals surface area contributed by atoms with Crippen LogP contribution in [-0.4, -0.2) is 40.0 Å². The van der Waals surface area contributed by atoms with Crippen molar-refractivity contribution in [2.75, 3.05) is 6.61 Å². The summed E-state index contributed by atoms with van der Waals surface area (Å²) in [6, 6.07) is 0. The first kappa shape index (κ1) is 16.5. The third kappa shape index (κ3) is 2.53. The van der Waals surface area contributed by atoms with Crippen molar-refractivity contribution in [3.8, 4) is 0 Å². The van der Waals surface area contributed by atoms with Crippen LogP contribution in [0.4, 0.5) is 0 Å². The molecule has 0 aliphatic heterocycles. The zero-order chi connectivity index (χ0) is 15.7. The zero-order valence-electron chi connectivity index (χ0n) is 11.4. The number of ether oxygens (including phenoxy) is 1. The molecule has 3 N–H and O–H groups in total. The van der Waals surface area contributed by atoms with Crippen LogP contribution in [0, 0.1) is 11.3 Å². The molecule has 0 fully saturated rings. The monoisotopic (exact) mass is 304 g/mol. The molecule has 0 spiro atoms. The van der Waals surface area contributed by atoms with Gasteiger partial charge in [0.05, 0.1) is 23.3 Å². The molecule has 0 aromatic heterocycles. The Labute approximate surface area is 121 Å². The smallest absolute Gasteiger partial charge is 0.333 e. The van der Waals surface area contributed by atoms with Gasteiger partial charge in [-0.25, -0.2) is 4.79 Å². The van der Waals surface area contributed by atoms with E-state index < -0.39 is 29.9 Å². The first-order chi connectivity index (χ1) is 9.18. The number of hydrogen-bond acceptors (Lipinski definition) is 4. The van der Waals surface area contributed by atoms with Crippen molar-refractivity contribution < 1.29 is 29.6 Å². The summed E-state index contributed by atoms with van der Waals surface area (Å²) in [7, 11) is 0. The van der Waals surface area contributed by atoms with Crippen molar-refractivity contribution >= 4 is 23.5 Å². The minimum atomic E-state index is -1.85. The molecule has 2 atom stereocenters. The lowest BCUT2D eigenvalue weighted by molar-refractivity contribution is -0.155. The van der Waals surface area contributed by atoms with Crippen molar-refractivity contribution in [3.63, 3.8) is 0 Å². The predicted molar refractivity (Wildman–Crippen MR) is 71.1 cm³/mol. The number of hydrogen-bond donors (Lipinski definition) is 3. The number of aliphatic hydroxyl groups excluding tert-OH is 1. The van der Waals surface area contributed by atoms with E-state index in [1.54, 1.807) is 13.8 Å². The van der Waals surface area contributed by atoms with Gasteiger partial charge in [0.25, 0.3) is 0 Å². The molecule has 0 aromatic rings. The van der Waals surface area contributed by atoms with Crippen LogP contribution in [0.2, 0.25) is 0 Å². The lowest BCUT2D eigenvalue weighted by Crippen LogP contribution is -2.47. The topological polar surface area (TPSA) is 104 Å². The van der Waals surface area contributed by atoms with Gasteiger partial charge in [0, 0.05) is 5.92 Å². The molecular weight excluding hydrogens is 288 g/mol. The van der Waals surface area contributed by atoms with Gasteiger partial charge in [-0.05, 0) is 19.9 Å². The van der Waals surface area contributed by atoms with Crippen LogP contribution in [0.5, 0.6) is 0 Å². The van der Waals surface area contributed by atoms with Crippen LogP contribution in [-0.2, 0) is 14.3 Å². The SMILES string of the molecule is CC(C)OC1=CC(Cl)=C(C(=O)O)C(C)C1(CO)C(=O)O. The Hall–Kier alpha value is -1.53. The summed E-state index contributed by atoms with van der Waals surface area (Å²) in [6.07, 6.45) is 0.824. The molecule has 7 heteroatoms. The Morgan fingerprint density at radius 3 is 2.35 bits per heavy atom. The van der Waals surface area contributed by atoms with Crippen LogP contribution < -0.4 is 0 Å². The molecule has 20 heavy (non-hydrogen) atoms. The summed E-state index contributed by atoms with van der Waals surface area (Å²) in [5, 5.41) is 28.2. The van der Waals surface area contributed by atoms with Gasteiger partial charge < -0.3 is 20.1 Å². The van der Waals surface area contributed by atoms with Gasteiger partial charge in [-0.1, -0.05) is 18.5 Å². The van der Waals surface area contributed by atoms with Crippen molar-refractivity contribution in [1.29, 1.82) is 0 Å². The summed E-state index contributed by atoms with van der Waals surface area (Å²) < 4.78 is 5.44. The molecule has 1 aliphatic carbocycles. The van der Waals surface area contributed by atoms with Crippen LogP contribution in [0.15, 0.2) is 22.4 Å². The number of rotatable bonds is 5. The average Bonchev–Trinajstić information content (AvgIpc) is 2.27. The van der Waals surface area contributed by atoms with E-state index in [1.807, 2.05) is 0 Å². The normalized spacial score (nSPS) is 26.5. The molecule has 2 unspecified atom stereocenters. The standard InChI is InChI=1S/C13H17ClO6/c1-6(2)20-9-4-8(14)10(11(16)17)7(3)13(9,5-15)12(18)19/h4,6-7,15H,5H2,1-3H3,(H,16,17)(H,18,19). The molecule has 6 nitrogen and oxygen atoms in total. The minimum Gasteiger partial charge on any atom is -0.494 e. The van der Waals surface area contributed by atoms with Crippen molar-refractivity contribution in [2.24, 2.45) is 11.3 Å². The van der Waals surface area contributed by atoms with Crippen LogP contribution in [0.25, 0.3) is 0 Å². The third-order valence-electron chi connectivity index (χ3n) is 3.35. The Kier molecular flexibility index (Phi) is 4.83. The molecular formula is C13H17ClO6. The third-order valence-corrected chi connectivity index (χ3v) is 3.66. The van der Waals surface area contributed by atoms with E-state index in [1.165, 1.54) is 6.92 Å². The minimum absolute atomic E-state index is 0.0370. The molecule has 0 amide bonds. The van der Waals surface area contributed by atoms with Gasteiger partial charge in [0.1, 0.15) is 5.76 Å². The summed E-state index contributed by atoms with van der Waals surface area (Å²) in [4.78, 5) is 22.9. The van der Waals surface area contributed by atoms with Gasteiger partial charge in [-0.15, -0.1) is 0 Å². The summed E-state index contributed by atoms with van der Waals surface area (Å²) >= 11 is 5.91. The van der Waals surface area contributed by atoms with Crippen molar-refractivity contribution in [3.05, 3.63) is 22.4 Å². The Balaban J connectivity index is 3.52. The van der Waals surface area contributed by atoms with E-state index in [4.69, 9.17) is 21.4 Å². The molecule has 1 aliphatic rings. The van der Waals surface area contributed by atoms with E-state index in [-0.39, 0.29) is 22.5 Å². The molecule has 0 bridgehead atoms. The number of aliphatic hydroxyl groups is 1. The molecule has 112 valence electrons. The fraction of sp³-hybridized carbons (Fsp3) is 0.538. The second-order valence-corrected chi connectivity index (χ2v) is 5.31. The largest absolute Gasteiger partial charge is 0.494 e. The predicted octanol–water partition coefficient (Wildman–Crippen LogP) is 1.59. The maximum atomic E-state index is 11.6. The lowest BCUT2D eigenvalue weighted by atomic mass is 9.68. The molecule has 1 rings (SSSR count). The molecule has 0 aromatic carbocycles. The zero-order valence-corrected chi connectivity index (χ0v) is 12.1. The molecule has 0 heterocycles. The maximum Gasteiger partial charge on any atom is 0.333 e. The van der Waals surface area contributed by atoms with E-state index in [9.17, 15) is 19.8 Å². The average molecular weight is 305 g/mol. The fourth-order valence-corrected chi connectivity index (χ4v) is 2.59.